The molecule has 0 aliphatic heterocycles. The molecule has 6 nitrogen and oxygen atoms in total. The Morgan fingerprint density at radius 1 is 1.14 bits per heavy atom. The Morgan fingerprint density at radius 2 is 1.86 bits per heavy atom. The second-order valence-electron chi connectivity index (χ2n) is 4.45. The lowest BCUT2D eigenvalue weighted by Gasteiger charge is -2.03. The molecule has 0 fully saturated rings. The maximum atomic E-state index is 10.7. The maximum Gasteiger partial charge on any atom is 0.269 e. The highest BCUT2D eigenvalue weighted by molar-refractivity contribution is 5.82. The molecule has 0 aliphatic carbocycles. The Labute approximate surface area is 122 Å². The molecule has 0 aliphatic rings. The average molecular weight is 285 g/mol. The third kappa shape index (κ3) is 4.61. The fourth-order valence-corrected chi connectivity index (χ4v) is 1.79. The summed E-state index contributed by atoms with van der Waals surface area (Å²) in [6.45, 7) is 0.136. The van der Waals surface area contributed by atoms with Crippen molar-refractivity contribution in [1.82, 2.24) is 0 Å². The lowest BCUT2D eigenvalue weighted by Crippen LogP contribution is -2.15. The quantitative estimate of drug-likeness (QED) is 0.382. The summed E-state index contributed by atoms with van der Waals surface area (Å²) in [6.07, 6.45) is 0.496. The van der Waals surface area contributed by atoms with Crippen molar-refractivity contribution < 1.29 is 9.76 Å². The minimum atomic E-state index is -0.448. The van der Waals surface area contributed by atoms with Gasteiger partial charge in [0, 0.05) is 18.6 Å². The largest absolute Gasteiger partial charge is 0.389 e. The topological polar surface area (TPSA) is 90.8 Å². The van der Waals surface area contributed by atoms with E-state index < -0.39 is 4.92 Å². The summed E-state index contributed by atoms with van der Waals surface area (Å²) >= 11 is 0. The molecule has 108 valence electrons. The highest BCUT2D eigenvalue weighted by Crippen LogP contribution is 2.13. The highest BCUT2D eigenvalue weighted by atomic mass is 16.6. The molecule has 0 aromatic heterocycles. The van der Waals surface area contributed by atoms with Gasteiger partial charge in [-0.15, -0.1) is 0 Å². The first kappa shape index (κ1) is 14.5. The molecule has 0 bridgehead atoms. The van der Waals surface area contributed by atoms with E-state index in [1.54, 1.807) is 12.1 Å². The van der Waals surface area contributed by atoms with Crippen molar-refractivity contribution in [2.45, 2.75) is 13.0 Å². The molecule has 2 aromatic rings. The van der Waals surface area contributed by atoms with Crippen LogP contribution in [0.3, 0.4) is 0 Å². The summed E-state index contributed by atoms with van der Waals surface area (Å²) < 4.78 is 0. The van der Waals surface area contributed by atoms with Crippen LogP contribution in [0, 0.1) is 10.1 Å². The summed E-state index contributed by atoms with van der Waals surface area (Å²) in [7, 11) is 0. The van der Waals surface area contributed by atoms with Crippen LogP contribution in [0.15, 0.2) is 59.8 Å². The smallest absolute Gasteiger partial charge is 0.269 e. The maximum absolute atomic E-state index is 10.7. The van der Waals surface area contributed by atoms with Gasteiger partial charge in [0.05, 0.1) is 4.92 Å². The Hall–Kier alpha value is -2.89. The minimum Gasteiger partial charge on any atom is -0.389 e. The highest BCUT2D eigenvalue weighted by Gasteiger charge is 2.05. The van der Waals surface area contributed by atoms with E-state index in [9.17, 15) is 10.1 Å². The zero-order valence-corrected chi connectivity index (χ0v) is 11.3. The summed E-state index contributed by atoms with van der Waals surface area (Å²) in [5.74, 6) is 0.353. The Kier molecular flexibility index (Phi) is 4.87. The van der Waals surface area contributed by atoms with E-state index in [0.29, 0.717) is 17.8 Å². The first-order valence-electron chi connectivity index (χ1n) is 6.36. The van der Waals surface area contributed by atoms with Crippen LogP contribution < -0.4 is 5.73 Å². The molecular weight excluding hydrogens is 270 g/mol. The van der Waals surface area contributed by atoms with Crippen LogP contribution in [0.2, 0.25) is 0 Å². The first-order valence-corrected chi connectivity index (χ1v) is 6.36. The van der Waals surface area contributed by atoms with Gasteiger partial charge in [0.1, 0.15) is 12.4 Å². The van der Waals surface area contributed by atoms with Gasteiger partial charge < -0.3 is 10.6 Å². The van der Waals surface area contributed by atoms with Gasteiger partial charge >= 0.3 is 0 Å². The number of benzene rings is 2. The van der Waals surface area contributed by atoms with Crippen molar-refractivity contribution in [1.29, 1.82) is 0 Å². The van der Waals surface area contributed by atoms with Gasteiger partial charge in [-0.05, 0) is 11.1 Å². The lowest BCUT2D eigenvalue weighted by atomic mass is 10.1. The SMILES string of the molecule is N/C(Cc1ccccc1)=N\OCc1cccc([N+](=O)[O-])c1. The van der Waals surface area contributed by atoms with Gasteiger partial charge in [0.15, 0.2) is 0 Å². The number of oxime groups is 1. The summed E-state index contributed by atoms with van der Waals surface area (Å²) in [6, 6.07) is 15.9. The fraction of sp³-hybridized carbons (Fsp3) is 0.133. The molecular formula is C15H15N3O3. The third-order valence-electron chi connectivity index (χ3n) is 2.76. The van der Waals surface area contributed by atoms with Gasteiger partial charge in [0.25, 0.3) is 5.69 Å². The lowest BCUT2D eigenvalue weighted by molar-refractivity contribution is -0.384. The molecule has 0 spiro atoms. The van der Waals surface area contributed by atoms with Crippen molar-refractivity contribution in [2.24, 2.45) is 10.9 Å². The second-order valence-corrected chi connectivity index (χ2v) is 4.45. The molecule has 0 saturated carbocycles. The van der Waals surface area contributed by atoms with Crippen LogP contribution in [0.4, 0.5) is 5.69 Å². The summed E-state index contributed by atoms with van der Waals surface area (Å²) in [5.41, 5.74) is 7.50. The van der Waals surface area contributed by atoms with E-state index in [2.05, 4.69) is 5.16 Å². The Balaban J connectivity index is 1.89. The monoisotopic (exact) mass is 285 g/mol. The number of non-ortho nitro benzene ring substituents is 1. The normalized spacial score (nSPS) is 11.1. The number of hydrogen-bond donors (Lipinski definition) is 1. The molecule has 2 N–H and O–H groups in total. The molecule has 2 rings (SSSR count). The molecule has 0 atom stereocenters. The molecule has 0 saturated heterocycles. The van der Waals surface area contributed by atoms with Crippen LogP contribution in [-0.2, 0) is 17.9 Å². The molecule has 0 unspecified atom stereocenters. The molecule has 6 heteroatoms. The summed E-state index contributed by atoms with van der Waals surface area (Å²) in [4.78, 5) is 15.3. The third-order valence-corrected chi connectivity index (χ3v) is 2.76. The van der Waals surface area contributed by atoms with Gasteiger partial charge in [-0.25, -0.2) is 0 Å². The van der Waals surface area contributed by atoms with E-state index in [1.807, 2.05) is 30.3 Å². The molecule has 21 heavy (non-hydrogen) atoms. The first-order chi connectivity index (χ1) is 10.1. The van der Waals surface area contributed by atoms with E-state index in [4.69, 9.17) is 10.6 Å². The standard InChI is InChI=1S/C15H15N3O3/c16-15(10-12-5-2-1-3-6-12)17-21-11-13-7-4-8-14(9-13)18(19)20/h1-9H,10-11H2,(H2,16,17). The van der Waals surface area contributed by atoms with Crippen molar-refractivity contribution in [3.05, 3.63) is 75.8 Å². The van der Waals surface area contributed by atoms with Crippen LogP contribution in [0.5, 0.6) is 0 Å². The average Bonchev–Trinajstić information content (AvgIpc) is 2.48. The second kappa shape index (κ2) is 7.04. The number of nitro groups is 1. The number of amidine groups is 1. The Bertz CT molecular complexity index is 642. The molecule has 0 amide bonds. The van der Waals surface area contributed by atoms with Crippen LogP contribution in [0.1, 0.15) is 11.1 Å². The van der Waals surface area contributed by atoms with Crippen molar-refractivity contribution in [3.8, 4) is 0 Å². The predicted octanol–water partition coefficient (Wildman–Crippen LogP) is 2.63. The number of nitro benzene ring substituents is 1. The van der Waals surface area contributed by atoms with Crippen molar-refractivity contribution in [3.63, 3.8) is 0 Å². The van der Waals surface area contributed by atoms with E-state index in [0.717, 1.165) is 5.56 Å². The van der Waals surface area contributed by atoms with E-state index >= 15 is 0 Å². The molecule has 0 heterocycles. The van der Waals surface area contributed by atoms with Crippen LogP contribution in [0.25, 0.3) is 0 Å². The van der Waals surface area contributed by atoms with Gasteiger partial charge in [-0.2, -0.15) is 0 Å². The number of hydrogen-bond acceptors (Lipinski definition) is 4. The Morgan fingerprint density at radius 3 is 2.57 bits per heavy atom. The molecule has 2 aromatic carbocycles. The van der Waals surface area contributed by atoms with Crippen molar-refractivity contribution in [2.75, 3.05) is 0 Å². The zero-order valence-electron chi connectivity index (χ0n) is 11.3. The molecule has 0 radical (unpaired) electrons. The van der Waals surface area contributed by atoms with E-state index in [-0.39, 0.29) is 12.3 Å². The van der Waals surface area contributed by atoms with E-state index in [1.165, 1.54) is 12.1 Å². The predicted molar refractivity (Wildman–Crippen MR) is 79.7 cm³/mol. The van der Waals surface area contributed by atoms with Crippen molar-refractivity contribution >= 4 is 11.5 Å². The van der Waals surface area contributed by atoms with Gasteiger partial charge in [-0.3, -0.25) is 10.1 Å². The summed E-state index contributed by atoms with van der Waals surface area (Å²) in [5, 5.41) is 14.5. The number of nitrogens with two attached hydrogens (primary N) is 1. The fourth-order valence-electron chi connectivity index (χ4n) is 1.79. The van der Waals surface area contributed by atoms with Crippen LogP contribution >= 0.6 is 0 Å². The van der Waals surface area contributed by atoms with Gasteiger partial charge in [0.2, 0.25) is 0 Å². The number of nitrogens with zero attached hydrogens (tertiary/aromatic N) is 2. The zero-order chi connectivity index (χ0) is 15.1. The minimum absolute atomic E-state index is 0.0253. The van der Waals surface area contributed by atoms with Crippen LogP contribution in [-0.4, -0.2) is 10.8 Å². The van der Waals surface area contributed by atoms with Gasteiger partial charge in [-0.1, -0.05) is 47.6 Å². The number of rotatable bonds is 6.